The van der Waals surface area contributed by atoms with Crippen molar-refractivity contribution in [1.82, 2.24) is 0 Å². The molecule has 0 radical (unpaired) electrons. The molecule has 0 aromatic heterocycles. The molecule has 0 spiro atoms. The van der Waals surface area contributed by atoms with Gasteiger partial charge in [0.25, 0.3) is 0 Å². The van der Waals surface area contributed by atoms with Gasteiger partial charge in [-0.1, -0.05) is 0 Å². The maximum Gasteiger partial charge on any atom is 0.124 e. The molecule has 1 rings (SSSR count). The SMILES string of the molecule is N#Cc1cc(F)cc([C@@H](N)CCCO)c1. The number of nitrogens with two attached hydrogens (primary N) is 1. The van der Waals surface area contributed by atoms with Crippen LogP contribution in [0.3, 0.4) is 0 Å². The minimum absolute atomic E-state index is 0.0636. The normalized spacial score (nSPS) is 12.1. The summed E-state index contributed by atoms with van der Waals surface area (Å²) in [6.45, 7) is 0.0636. The third-order valence-corrected chi connectivity index (χ3v) is 2.15. The lowest BCUT2D eigenvalue weighted by atomic mass is 10.0. The van der Waals surface area contributed by atoms with E-state index in [-0.39, 0.29) is 18.2 Å². The number of benzene rings is 1. The number of aliphatic hydroxyl groups is 1. The quantitative estimate of drug-likeness (QED) is 0.787. The highest BCUT2D eigenvalue weighted by Crippen LogP contribution is 2.18. The second-order valence-corrected chi connectivity index (χ2v) is 3.36. The summed E-state index contributed by atoms with van der Waals surface area (Å²) in [5, 5.41) is 17.3. The molecule has 0 unspecified atom stereocenters. The highest BCUT2D eigenvalue weighted by molar-refractivity contribution is 5.34. The summed E-state index contributed by atoms with van der Waals surface area (Å²) >= 11 is 0. The molecule has 4 heteroatoms. The Morgan fingerprint density at radius 1 is 1.47 bits per heavy atom. The van der Waals surface area contributed by atoms with E-state index in [0.29, 0.717) is 18.4 Å². The third kappa shape index (κ3) is 3.31. The van der Waals surface area contributed by atoms with Crippen molar-refractivity contribution in [1.29, 1.82) is 5.26 Å². The third-order valence-electron chi connectivity index (χ3n) is 2.15. The van der Waals surface area contributed by atoms with Crippen molar-refractivity contribution >= 4 is 0 Å². The van der Waals surface area contributed by atoms with Crippen LogP contribution in [0.15, 0.2) is 18.2 Å². The van der Waals surface area contributed by atoms with Gasteiger partial charge in [0, 0.05) is 12.6 Å². The zero-order chi connectivity index (χ0) is 11.3. The first kappa shape index (κ1) is 11.6. The predicted molar refractivity (Wildman–Crippen MR) is 54.4 cm³/mol. The molecule has 0 bridgehead atoms. The average molecular weight is 208 g/mol. The maximum atomic E-state index is 13.0. The van der Waals surface area contributed by atoms with Gasteiger partial charge >= 0.3 is 0 Å². The average Bonchev–Trinajstić information content (AvgIpc) is 2.24. The molecule has 1 atom stereocenters. The molecule has 0 heterocycles. The molecule has 0 aliphatic carbocycles. The molecule has 0 aliphatic rings. The number of nitriles is 1. The fourth-order valence-corrected chi connectivity index (χ4v) is 1.37. The van der Waals surface area contributed by atoms with Crippen molar-refractivity contribution < 1.29 is 9.50 Å². The number of halogens is 1. The zero-order valence-corrected chi connectivity index (χ0v) is 8.28. The van der Waals surface area contributed by atoms with Crippen LogP contribution in [0.1, 0.15) is 30.0 Å². The summed E-state index contributed by atoms with van der Waals surface area (Å²) in [7, 11) is 0. The second-order valence-electron chi connectivity index (χ2n) is 3.36. The van der Waals surface area contributed by atoms with Crippen LogP contribution in [0.4, 0.5) is 4.39 Å². The number of nitrogens with zero attached hydrogens (tertiary/aromatic N) is 1. The molecule has 1 aromatic rings. The Morgan fingerprint density at radius 2 is 2.20 bits per heavy atom. The van der Waals surface area contributed by atoms with Crippen molar-refractivity contribution in [3.05, 3.63) is 35.1 Å². The Hall–Kier alpha value is -1.44. The monoisotopic (exact) mass is 208 g/mol. The largest absolute Gasteiger partial charge is 0.396 e. The van der Waals surface area contributed by atoms with Crippen molar-refractivity contribution in [2.45, 2.75) is 18.9 Å². The molecule has 3 nitrogen and oxygen atoms in total. The number of rotatable bonds is 4. The van der Waals surface area contributed by atoms with E-state index in [2.05, 4.69) is 0 Å². The molecular formula is C11H13FN2O. The van der Waals surface area contributed by atoms with Gasteiger partial charge in [0.2, 0.25) is 0 Å². The molecule has 80 valence electrons. The molecular weight excluding hydrogens is 195 g/mol. The number of aliphatic hydroxyl groups excluding tert-OH is 1. The van der Waals surface area contributed by atoms with Crippen LogP contribution < -0.4 is 5.73 Å². The van der Waals surface area contributed by atoms with E-state index in [1.54, 1.807) is 6.07 Å². The summed E-state index contributed by atoms with van der Waals surface area (Å²) in [5.41, 5.74) is 6.65. The van der Waals surface area contributed by atoms with E-state index in [1.807, 2.05) is 6.07 Å². The highest BCUT2D eigenvalue weighted by atomic mass is 19.1. The van der Waals surface area contributed by atoms with Crippen LogP contribution in [-0.2, 0) is 0 Å². The first-order valence-corrected chi connectivity index (χ1v) is 4.74. The second kappa shape index (κ2) is 5.44. The van der Waals surface area contributed by atoms with Gasteiger partial charge in [-0.25, -0.2) is 4.39 Å². The predicted octanol–water partition coefficient (Wildman–Crippen LogP) is 1.47. The van der Waals surface area contributed by atoms with Gasteiger partial charge in [0.05, 0.1) is 11.6 Å². The Morgan fingerprint density at radius 3 is 2.80 bits per heavy atom. The zero-order valence-electron chi connectivity index (χ0n) is 8.28. The summed E-state index contributed by atoms with van der Waals surface area (Å²) in [5.74, 6) is -0.455. The van der Waals surface area contributed by atoms with E-state index < -0.39 is 5.82 Å². The Bertz CT molecular complexity index is 373. The van der Waals surface area contributed by atoms with Gasteiger partial charge in [0.1, 0.15) is 5.82 Å². The van der Waals surface area contributed by atoms with Crippen LogP contribution >= 0.6 is 0 Å². The summed E-state index contributed by atoms with van der Waals surface area (Å²) in [6.07, 6.45) is 1.14. The van der Waals surface area contributed by atoms with E-state index in [0.717, 1.165) is 0 Å². The van der Waals surface area contributed by atoms with Crippen molar-refractivity contribution in [3.8, 4) is 6.07 Å². The standard InChI is InChI=1S/C11H13FN2O/c12-10-5-8(7-13)4-9(6-10)11(14)2-1-3-15/h4-6,11,15H,1-3,14H2/t11-/m0/s1. The van der Waals surface area contributed by atoms with Crippen LogP contribution in [0, 0.1) is 17.1 Å². The Balaban J connectivity index is 2.84. The lowest BCUT2D eigenvalue weighted by Gasteiger charge is -2.11. The summed E-state index contributed by atoms with van der Waals surface area (Å²) in [4.78, 5) is 0. The minimum Gasteiger partial charge on any atom is -0.396 e. The summed E-state index contributed by atoms with van der Waals surface area (Å²) < 4.78 is 13.0. The van der Waals surface area contributed by atoms with Crippen molar-refractivity contribution in [2.24, 2.45) is 5.73 Å². The van der Waals surface area contributed by atoms with Gasteiger partial charge in [-0.15, -0.1) is 0 Å². The molecule has 15 heavy (non-hydrogen) atoms. The molecule has 0 fully saturated rings. The molecule has 0 amide bonds. The van der Waals surface area contributed by atoms with Crippen LogP contribution in [0.5, 0.6) is 0 Å². The first-order valence-electron chi connectivity index (χ1n) is 4.74. The summed E-state index contributed by atoms with van der Waals surface area (Å²) in [6, 6.07) is 5.61. The topological polar surface area (TPSA) is 70.0 Å². The lowest BCUT2D eigenvalue weighted by Crippen LogP contribution is -2.11. The number of hydrogen-bond donors (Lipinski definition) is 2. The fraction of sp³-hybridized carbons (Fsp3) is 0.364. The fourth-order valence-electron chi connectivity index (χ4n) is 1.37. The Kier molecular flexibility index (Phi) is 4.22. The number of hydrogen-bond acceptors (Lipinski definition) is 3. The molecule has 3 N–H and O–H groups in total. The maximum absolute atomic E-state index is 13.0. The van der Waals surface area contributed by atoms with Gasteiger partial charge in [-0.2, -0.15) is 5.26 Å². The smallest absolute Gasteiger partial charge is 0.124 e. The van der Waals surface area contributed by atoms with E-state index >= 15 is 0 Å². The van der Waals surface area contributed by atoms with Gasteiger partial charge in [-0.3, -0.25) is 0 Å². The lowest BCUT2D eigenvalue weighted by molar-refractivity contribution is 0.280. The molecule has 0 saturated carbocycles. The van der Waals surface area contributed by atoms with Gasteiger partial charge in [-0.05, 0) is 36.6 Å². The van der Waals surface area contributed by atoms with Crippen LogP contribution in [-0.4, -0.2) is 11.7 Å². The Labute approximate surface area is 87.9 Å². The molecule has 0 saturated heterocycles. The van der Waals surface area contributed by atoms with Crippen LogP contribution in [0.2, 0.25) is 0 Å². The molecule has 0 aliphatic heterocycles. The van der Waals surface area contributed by atoms with Crippen molar-refractivity contribution in [2.75, 3.05) is 6.61 Å². The van der Waals surface area contributed by atoms with E-state index in [9.17, 15) is 4.39 Å². The van der Waals surface area contributed by atoms with Gasteiger partial charge in [0.15, 0.2) is 0 Å². The van der Waals surface area contributed by atoms with E-state index in [4.69, 9.17) is 16.1 Å². The van der Waals surface area contributed by atoms with Crippen LogP contribution in [0.25, 0.3) is 0 Å². The van der Waals surface area contributed by atoms with Gasteiger partial charge < -0.3 is 10.8 Å². The van der Waals surface area contributed by atoms with Crippen molar-refractivity contribution in [3.63, 3.8) is 0 Å². The molecule has 1 aromatic carbocycles. The first-order chi connectivity index (χ1) is 7.17. The van der Waals surface area contributed by atoms with E-state index in [1.165, 1.54) is 12.1 Å². The highest BCUT2D eigenvalue weighted by Gasteiger charge is 2.08. The minimum atomic E-state index is -0.455.